The quantitative estimate of drug-likeness (QED) is 0.689. The maximum atomic E-state index is 6.37. The Bertz CT molecular complexity index is 148. The van der Waals surface area contributed by atoms with E-state index in [4.69, 9.17) is 10.5 Å². The van der Waals surface area contributed by atoms with Crippen LogP contribution in [0.4, 0.5) is 0 Å². The minimum atomic E-state index is 0.000000000000000222. The van der Waals surface area contributed by atoms with E-state index in [0.29, 0.717) is 0 Å². The average Bonchev–Trinajstić information content (AvgIpc) is 2.06. The van der Waals surface area contributed by atoms with Gasteiger partial charge in [-0.15, -0.1) is 0 Å². The third kappa shape index (κ3) is 1.64. The zero-order valence-corrected chi connectivity index (χ0v) is 8.52. The second-order valence-corrected chi connectivity index (χ2v) is 4.51. The Morgan fingerprint density at radius 2 is 1.83 bits per heavy atom. The molecule has 1 heterocycles. The van der Waals surface area contributed by atoms with E-state index in [2.05, 4.69) is 20.8 Å². The lowest BCUT2D eigenvalue weighted by atomic mass is 9.67. The Morgan fingerprint density at radius 1 is 1.33 bits per heavy atom. The van der Waals surface area contributed by atoms with Gasteiger partial charge in [-0.2, -0.15) is 0 Å². The molecule has 2 nitrogen and oxygen atoms in total. The molecule has 1 fully saturated rings. The van der Waals surface area contributed by atoms with E-state index in [0.717, 1.165) is 32.5 Å². The standard InChI is InChI=1S/C10H21NO/c1-4-9(2,3)10(11)5-7-12-8-6-10/h4-8,11H2,1-3H3. The molecule has 0 atom stereocenters. The molecule has 0 saturated carbocycles. The van der Waals surface area contributed by atoms with Crippen LogP contribution in [0.15, 0.2) is 0 Å². The van der Waals surface area contributed by atoms with Crippen LogP contribution < -0.4 is 5.73 Å². The van der Waals surface area contributed by atoms with E-state index in [-0.39, 0.29) is 11.0 Å². The molecule has 0 aliphatic carbocycles. The van der Waals surface area contributed by atoms with Crippen molar-refractivity contribution in [3.63, 3.8) is 0 Å². The predicted molar refractivity (Wildman–Crippen MR) is 51.0 cm³/mol. The summed E-state index contributed by atoms with van der Waals surface area (Å²) in [6, 6.07) is 0. The van der Waals surface area contributed by atoms with Crippen molar-refractivity contribution in [1.82, 2.24) is 0 Å². The van der Waals surface area contributed by atoms with E-state index < -0.39 is 0 Å². The lowest BCUT2D eigenvalue weighted by Gasteiger charge is -2.46. The summed E-state index contributed by atoms with van der Waals surface area (Å²) in [4.78, 5) is 0. The van der Waals surface area contributed by atoms with E-state index in [1.54, 1.807) is 0 Å². The van der Waals surface area contributed by atoms with E-state index in [1.165, 1.54) is 0 Å². The lowest BCUT2D eigenvalue weighted by Crippen LogP contribution is -2.55. The molecular weight excluding hydrogens is 150 g/mol. The summed E-state index contributed by atoms with van der Waals surface area (Å²) in [5.41, 5.74) is 6.61. The Balaban J connectivity index is 2.68. The number of nitrogens with two attached hydrogens (primary N) is 1. The summed E-state index contributed by atoms with van der Waals surface area (Å²) in [6.45, 7) is 8.40. The number of ether oxygens (including phenoxy) is 1. The molecule has 12 heavy (non-hydrogen) atoms. The minimum absolute atomic E-state index is 0.000000000000000222. The zero-order valence-electron chi connectivity index (χ0n) is 8.52. The van der Waals surface area contributed by atoms with Crippen molar-refractivity contribution >= 4 is 0 Å². The van der Waals surface area contributed by atoms with Crippen LogP contribution in [0.5, 0.6) is 0 Å². The number of rotatable bonds is 2. The Labute approximate surface area is 75.5 Å². The Morgan fingerprint density at radius 3 is 2.25 bits per heavy atom. The highest BCUT2D eigenvalue weighted by Gasteiger charge is 2.41. The van der Waals surface area contributed by atoms with Crippen molar-refractivity contribution in [1.29, 1.82) is 0 Å². The van der Waals surface area contributed by atoms with Crippen molar-refractivity contribution in [3.05, 3.63) is 0 Å². The summed E-state index contributed by atoms with van der Waals surface area (Å²) >= 11 is 0. The van der Waals surface area contributed by atoms with Crippen LogP contribution in [0.1, 0.15) is 40.0 Å². The third-order valence-electron chi connectivity index (χ3n) is 3.62. The Kier molecular flexibility index (Phi) is 2.79. The van der Waals surface area contributed by atoms with Crippen molar-refractivity contribution in [2.24, 2.45) is 11.1 Å². The van der Waals surface area contributed by atoms with Crippen LogP contribution in [0.2, 0.25) is 0 Å². The molecule has 1 aliphatic heterocycles. The third-order valence-corrected chi connectivity index (χ3v) is 3.62. The van der Waals surface area contributed by atoms with Gasteiger partial charge in [0.25, 0.3) is 0 Å². The molecule has 0 amide bonds. The van der Waals surface area contributed by atoms with Gasteiger partial charge in [-0.3, -0.25) is 0 Å². The van der Waals surface area contributed by atoms with Gasteiger partial charge in [0.2, 0.25) is 0 Å². The number of hydrogen-bond acceptors (Lipinski definition) is 2. The summed E-state index contributed by atoms with van der Waals surface area (Å²) < 4.78 is 5.32. The molecule has 0 aromatic carbocycles. The van der Waals surface area contributed by atoms with Gasteiger partial charge in [0.15, 0.2) is 0 Å². The molecule has 0 aromatic heterocycles. The van der Waals surface area contributed by atoms with Gasteiger partial charge in [-0.25, -0.2) is 0 Å². The second-order valence-electron chi connectivity index (χ2n) is 4.51. The highest BCUT2D eigenvalue weighted by molar-refractivity contribution is 4.98. The first-order valence-electron chi connectivity index (χ1n) is 4.88. The monoisotopic (exact) mass is 171 g/mol. The maximum Gasteiger partial charge on any atom is 0.0483 e. The molecule has 2 heteroatoms. The Hall–Kier alpha value is -0.0800. The molecular formula is C10H21NO. The predicted octanol–water partition coefficient (Wildman–Crippen LogP) is 1.93. The smallest absolute Gasteiger partial charge is 0.0483 e. The van der Waals surface area contributed by atoms with Crippen molar-refractivity contribution < 1.29 is 4.74 Å². The van der Waals surface area contributed by atoms with Crippen molar-refractivity contribution in [2.45, 2.75) is 45.6 Å². The fourth-order valence-electron chi connectivity index (χ4n) is 1.76. The van der Waals surface area contributed by atoms with Crippen LogP contribution in [0.25, 0.3) is 0 Å². The molecule has 0 aromatic rings. The summed E-state index contributed by atoms with van der Waals surface area (Å²) in [5, 5.41) is 0. The summed E-state index contributed by atoms with van der Waals surface area (Å²) in [6.07, 6.45) is 3.16. The van der Waals surface area contributed by atoms with Crippen molar-refractivity contribution in [2.75, 3.05) is 13.2 Å². The minimum Gasteiger partial charge on any atom is -0.381 e. The van der Waals surface area contributed by atoms with Crippen LogP contribution in [-0.2, 0) is 4.74 Å². The van der Waals surface area contributed by atoms with Crippen LogP contribution >= 0.6 is 0 Å². The van der Waals surface area contributed by atoms with Gasteiger partial charge >= 0.3 is 0 Å². The topological polar surface area (TPSA) is 35.2 Å². The van der Waals surface area contributed by atoms with Crippen molar-refractivity contribution in [3.8, 4) is 0 Å². The van der Waals surface area contributed by atoms with E-state index in [1.807, 2.05) is 0 Å². The molecule has 1 aliphatic rings. The van der Waals surface area contributed by atoms with Gasteiger partial charge in [0.05, 0.1) is 0 Å². The fourth-order valence-corrected chi connectivity index (χ4v) is 1.76. The zero-order chi connectivity index (χ0) is 9.24. The largest absolute Gasteiger partial charge is 0.381 e. The van der Waals surface area contributed by atoms with Gasteiger partial charge in [-0.05, 0) is 24.7 Å². The molecule has 1 saturated heterocycles. The van der Waals surface area contributed by atoms with Gasteiger partial charge in [0.1, 0.15) is 0 Å². The van der Waals surface area contributed by atoms with Gasteiger partial charge in [0, 0.05) is 18.8 Å². The van der Waals surface area contributed by atoms with Gasteiger partial charge < -0.3 is 10.5 Å². The number of hydrogen-bond donors (Lipinski definition) is 1. The average molecular weight is 171 g/mol. The van der Waals surface area contributed by atoms with E-state index in [9.17, 15) is 0 Å². The van der Waals surface area contributed by atoms with Crippen LogP contribution in [0, 0.1) is 5.41 Å². The highest BCUT2D eigenvalue weighted by atomic mass is 16.5. The molecule has 0 radical (unpaired) electrons. The SMILES string of the molecule is CCC(C)(C)C1(N)CCOCC1. The molecule has 0 bridgehead atoms. The molecule has 1 rings (SSSR count). The highest BCUT2D eigenvalue weighted by Crippen LogP contribution is 2.38. The molecule has 72 valence electrons. The van der Waals surface area contributed by atoms with Gasteiger partial charge in [-0.1, -0.05) is 20.8 Å². The molecule has 2 N–H and O–H groups in total. The maximum absolute atomic E-state index is 6.37. The normalized spacial score (nSPS) is 24.0. The van der Waals surface area contributed by atoms with Crippen LogP contribution in [-0.4, -0.2) is 18.8 Å². The second kappa shape index (κ2) is 3.35. The first-order chi connectivity index (χ1) is 5.52. The molecule has 0 spiro atoms. The first kappa shape index (κ1) is 10.0. The summed E-state index contributed by atoms with van der Waals surface area (Å²) in [5.74, 6) is 0. The molecule has 0 unspecified atom stereocenters. The fraction of sp³-hybridized carbons (Fsp3) is 1.00. The van der Waals surface area contributed by atoms with Crippen LogP contribution in [0.3, 0.4) is 0 Å². The first-order valence-corrected chi connectivity index (χ1v) is 4.88. The summed E-state index contributed by atoms with van der Waals surface area (Å²) in [7, 11) is 0. The van der Waals surface area contributed by atoms with E-state index >= 15 is 0 Å². The lowest BCUT2D eigenvalue weighted by molar-refractivity contribution is 0.00134.